The highest BCUT2D eigenvalue weighted by Crippen LogP contribution is 2.20. The maximum Gasteiger partial charge on any atom is 0.222 e. The van der Waals surface area contributed by atoms with Gasteiger partial charge in [-0.05, 0) is 36.3 Å². The Morgan fingerprint density at radius 1 is 1.22 bits per heavy atom. The van der Waals surface area contributed by atoms with Gasteiger partial charge in [-0.2, -0.15) is 0 Å². The molecule has 1 amide bonds. The van der Waals surface area contributed by atoms with Crippen LogP contribution in [0.5, 0.6) is 0 Å². The Bertz CT molecular complexity index is 396. The van der Waals surface area contributed by atoms with Crippen LogP contribution in [-0.4, -0.2) is 17.4 Å². The van der Waals surface area contributed by atoms with E-state index in [2.05, 4.69) is 38.1 Å². The van der Waals surface area contributed by atoms with E-state index in [0.29, 0.717) is 11.8 Å². The summed E-state index contributed by atoms with van der Waals surface area (Å²) in [6.45, 7) is 6.17. The molecule has 1 fully saturated rings. The number of carbonyl (C=O) groups excluding carboxylic acids is 1. The van der Waals surface area contributed by atoms with Crippen molar-refractivity contribution in [1.82, 2.24) is 4.90 Å². The van der Waals surface area contributed by atoms with E-state index in [-0.39, 0.29) is 0 Å². The van der Waals surface area contributed by atoms with Crippen molar-refractivity contribution < 1.29 is 4.79 Å². The van der Waals surface area contributed by atoms with E-state index in [1.165, 1.54) is 17.5 Å². The van der Waals surface area contributed by atoms with Gasteiger partial charge in [0.05, 0.1) is 0 Å². The fourth-order valence-corrected chi connectivity index (χ4v) is 2.44. The zero-order valence-electron chi connectivity index (χ0n) is 11.5. The summed E-state index contributed by atoms with van der Waals surface area (Å²) in [5.41, 5.74) is 2.64. The number of benzene rings is 1. The third-order valence-electron chi connectivity index (χ3n) is 3.96. The van der Waals surface area contributed by atoms with Crippen LogP contribution >= 0.6 is 0 Å². The molecule has 1 aliphatic heterocycles. The maximum atomic E-state index is 11.7. The smallest absolute Gasteiger partial charge is 0.222 e. The van der Waals surface area contributed by atoms with Crippen LogP contribution < -0.4 is 0 Å². The molecule has 1 atom stereocenters. The molecule has 1 saturated heterocycles. The zero-order valence-corrected chi connectivity index (χ0v) is 11.5. The van der Waals surface area contributed by atoms with Gasteiger partial charge in [0.1, 0.15) is 0 Å². The number of hydrogen-bond donors (Lipinski definition) is 0. The van der Waals surface area contributed by atoms with Crippen molar-refractivity contribution in [3.8, 4) is 0 Å². The molecule has 0 N–H and O–H groups in total. The van der Waals surface area contributed by atoms with E-state index in [4.69, 9.17) is 0 Å². The van der Waals surface area contributed by atoms with Gasteiger partial charge in [0, 0.05) is 19.5 Å². The normalized spacial score (nSPS) is 17.9. The lowest BCUT2D eigenvalue weighted by molar-refractivity contribution is -0.133. The van der Waals surface area contributed by atoms with Gasteiger partial charge in [-0.25, -0.2) is 0 Å². The second-order valence-corrected chi connectivity index (χ2v) is 5.32. The van der Waals surface area contributed by atoms with Crippen LogP contribution in [0.3, 0.4) is 0 Å². The molecule has 1 aromatic rings. The van der Waals surface area contributed by atoms with Crippen molar-refractivity contribution in [3.05, 3.63) is 35.4 Å². The van der Waals surface area contributed by atoms with Gasteiger partial charge in [-0.3, -0.25) is 4.79 Å². The summed E-state index contributed by atoms with van der Waals surface area (Å²) in [5.74, 6) is 0.933. The molecule has 2 heteroatoms. The molecule has 18 heavy (non-hydrogen) atoms. The van der Waals surface area contributed by atoms with Crippen molar-refractivity contribution in [2.45, 2.75) is 52.0 Å². The van der Waals surface area contributed by atoms with Crippen molar-refractivity contribution in [2.24, 2.45) is 0 Å². The van der Waals surface area contributed by atoms with Gasteiger partial charge in [0.25, 0.3) is 0 Å². The molecule has 1 aromatic carbocycles. The van der Waals surface area contributed by atoms with Crippen LogP contribution in [0, 0.1) is 0 Å². The molecule has 0 aromatic heterocycles. The Hall–Kier alpha value is -1.31. The van der Waals surface area contributed by atoms with E-state index in [0.717, 1.165) is 32.4 Å². The van der Waals surface area contributed by atoms with Gasteiger partial charge < -0.3 is 4.90 Å². The minimum absolute atomic E-state index is 0.312. The highest BCUT2D eigenvalue weighted by molar-refractivity contribution is 5.76. The summed E-state index contributed by atoms with van der Waals surface area (Å²) in [5, 5.41) is 0. The standard InChI is InChI=1S/C16H23NO/c1-3-13(2)15-9-7-14(8-10-15)12-17-11-5-4-6-16(17)18/h7-10,13H,3-6,11-12H2,1-2H3. The van der Waals surface area contributed by atoms with E-state index in [9.17, 15) is 4.79 Å². The maximum absolute atomic E-state index is 11.7. The largest absolute Gasteiger partial charge is 0.338 e. The van der Waals surface area contributed by atoms with Crippen molar-refractivity contribution in [2.75, 3.05) is 6.54 Å². The Morgan fingerprint density at radius 2 is 1.94 bits per heavy atom. The average Bonchev–Trinajstić information content (AvgIpc) is 2.41. The van der Waals surface area contributed by atoms with Gasteiger partial charge >= 0.3 is 0 Å². The van der Waals surface area contributed by atoms with Gasteiger partial charge in [-0.15, -0.1) is 0 Å². The molecule has 1 unspecified atom stereocenters. The van der Waals surface area contributed by atoms with Crippen LogP contribution in [0.15, 0.2) is 24.3 Å². The lowest BCUT2D eigenvalue weighted by Gasteiger charge is -2.26. The van der Waals surface area contributed by atoms with Crippen molar-refractivity contribution in [3.63, 3.8) is 0 Å². The lowest BCUT2D eigenvalue weighted by Crippen LogP contribution is -2.34. The Labute approximate surface area is 110 Å². The first kappa shape index (κ1) is 13.1. The predicted molar refractivity (Wildman–Crippen MR) is 74.4 cm³/mol. The molecule has 0 saturated carbocycles. The fraction of sp³-hybridized carbons (Fsp3) is 0.562. The summed E-state index contributed by atoms with van der Waals surface area (Å²) in [4.78, 5) is 13.7. The topological polar surface area (TPSA) is 20.3 Å². The summed E-state index contributed by atoms with van der Waals surface area (Å²) in [6.07, 6.45) is 4.11. The molecule has 2 nitrogen and oxygen atoms in total. The van der Waals surface area contributed by atoms with Crippen LogP contribution in [0.4, 0.5) is 0 Å². The molecular weight excluding hydrogens is 222 g/mol. The number of hydrogen-bond acceptors (Lipinski definition) is 1. The van der Waals surface area contributed by atoms with Crippen molar-refractivity contribution in [1.29, 1.82) is 0 Å². The van der Waals surface area contributed by atoms with Crippen LogP contribution in [0.1, 0.15) is 56.6 Å². The Kier molecular flexibility index (Phi) is 4.40. The van der Waals surface area contributed by atoms with Gasteiger partial charge in [0.15, 0.2) is 0 Å². The number of amides is 1. The van der Waals surface area contributed by atoms with Gasteiger partial charge in [-0.1, -0.05) is 38.1 Å². The Morgan fingerprint density at radius 3 is 2.56 bits per heavy atom. The predicted octanol–water partition coefficient (Wildman–Crippen LogP) is 3.71. The average molecular weight is 245 g/mol. The van der Waals surface area contributed by atoms with Crippen LogP contribution in [0.2, 0.25) is 0 Å². The molecular formula is C16H23NO. The second-order valence-electron chi connectivity index (χ2n) is 5.32. The molecule has 0 radical (unpaired) electrons. The fourth-order valence-electron chi connectivity index (χ4n) is 2.44. The number of carbonyl (C=O) groups is 1. The number of likely N-dealkylation sites (tertiary alicyclic amines) is 1. The van der Waals surface area contributed by atoms with E-state index in [1.807, 2.05) is 4.90 Å². The molecule has 98 valence electrons. The summed E-state index contributed by atoms with van der Waals surface area (Å²) in [6, 6.07) is 8.75. The molecule has 0 spiro atoms. The molecule has 1 aliphatic rings. The first-order valence-electron chi connectivity index (χ1n) is 7.07. The molecule has 2 rings (SSSR count). The summed E-state index contributed by atoms with van der Waals surface area (Å²) in [7, 11) is 0. The monoisotopic (exact) mass is 245 g/mol. The minimum Gasteiger partial charge on any atom is -0.338 e. The lowest BCUT2D eigenvalue weighted by atomic mass is 9.97. The first-order chi connectivity index (χ1) is 8.70. The molecule has 0 bridgehead atoms. The highest BCUT2D eigenvalue weighted by Gasteiger charge is 2.17. The van der Waals surface area contributed by atoms with E-state index in [1.54, 1.807) is 0 Å². The van der Waals surface area contributed by atoms with Crippen LogP contribution in [-0.2, 0) is 11.3 Å². The molecule has 1 heterocycles. The van der Waals surface area contributed by atoms with Crippen molar-refractivity contribution >= 4 is 5.91 Å². The Balaban J connectivity index is 1.99. The van der Waals surface area contributed by atoms with E-state index < -0.39 is 0 Å². The minimum atomic E-state index is 0.312. The van der Waals surface area contributed by atoms with E-state index >= 15 is 0 Å². The van der Waals surface area contributed by atoms with Crippen LogP contribution in [0.25, 0.3) is 0 Å². The number of rotatable bonds is 4. The highest BCUT2D eigenvalue weighted by atomic mass is 16.2. The third kappa shape index (κ3) is 3.12. The number of piperidine rings is 1. The molecule has 0 aliphatic carbocycles. The first-order valence-corrected chi connectivity index (χ1v) is 7.07. The second kappa shape index (κ2) is 6.03. The zero-order chi connectivity index (χ0) is 13.0. The number of nitrogens with zero attached hydrogens (tertiary/aromatic N) is 1. The third-order valence-corrected chi connectivity index (χ3v) is 3.96. The summed E-state index contributed by atoms with van der Waals surface area (Å²) < 4.78 is 0. The SMILES string of the molecule is CCC(C)c1ccc(CN2CCCCC2=O)cc1. The summed E-state index contributed by atoms with van der Waals surface area (Å²) >= 11 is 0. The quantitative estimate of drug-likeness (QED) is 0.792. The van der Waals surface area contributed by atoms with Gasteiger partial charge in [0.2, 0.25) is 5.91 Å².